The molecule has 0 atom stereocenters. The maximum absolute atomic E-state index is 13.4. The Morgan fingerprint density at radius 3 is 2.71 bits per heavy atom. The Bertz CT molecular complexity index is 317. The Labute approximate surface area is 82.2 Å². The van der Waals surface area contributed by atoms with Gasteiger partial charge in [-0.1, -0.05) is 0 Å². The number of hydrogen-bond acceptors (Lipinski definition) is 4. The molecule has 2 N–H and O–H groups in total. The zero-order valence-electron chi connectivity index (χ0n) is 8.34. The molecule has 0 amide bonds. The highest BCUT2D eigenvalue weighted by atomic mass is 19.1. The summed E-state index contributed by atoms with van der Waals surface area (Å²) in [5.41, 5.74) is 0.337. The molecular weight excluding hydrogens is 185 g/mol. The lowest BCUT2D eigenvalue weighted by Gasteiger charge is -2.07. The summed E-state index contributed by atoms with van der Waals surface area (Å²) in [6.07, 6.45) is 0.571. The fourth-order valence-corrected chi connectivity index (χ4v) is 1.10. The first kappa shape index (κ1) is 10.8. The Morgan fingerprint density at radius 2 is 2.07 bits per heavy atom. The predicted molar refractivity (Wildman–Crippen MR) is 51.7 cm³/mol. The fourth-order valence-electron chi connectivity index (χ4n) is 1.10. The number of aromatic nitrogens is 2. The van der Waals surface area contributed by atoms with E-state index >= 15 is 0 Å². The molecule has 0 aromatic carbocycles. The van der Waals surface area contributed by atoms with Crippen LogP contribution in [0.3, 0.4) is 0 Å². The van der Waals surface area contributed by atoms with Gasteiger partial charge < -0.3 is 10.4 Å². The van der Waals surface area contributed by atoms with Gasteiger partial charge in [0.25, 0.3) is 0 Å². The second-order valence-corrected chi connectivity index (χ2v) is 3.02. The molecule has 5 heteroatoms. The average Bonchev–Trinajstić information content (AvgIpc) is 2.13. The molecule has 0 saturated carbocycles. The summed E-state index contributed by atoms with van der Waals surface area (Å²) in [7, 11) is 0. The molecule has 0 saturated heterocycles. The van der Waals surface area contributed by atoms with Crippen molar-refractivity contribution in [3.8, 4) is 0 Å². The number of nitrogens with zero attached hydrogens (tertiary/aromatic N) is 2. The van der Waals surface area contributed by atoms with Gasteiger partial charge in [0, 0.05) is 13.2 Å². The van der Waals surface area contributed by atoms with Crippen molar-refractivity contribution in [2.75, 3.05) is 18.5 Å². The molecule has 0 fully saturated rings. The third-order valence-corrected chi connectivity index (χ3v) is 1.76. The van der Waals surface area contributed by atoms with E-state index in [-0.39, 0.29) is 12.4 Å². The van der Waals surface area contributed by atoms with Gasteiger partial charge in [-0.2, -0.15) is 0 Å². The highest BCUT2D eigenvalue weighted by Crippen LogP contribution is 2.13. The first-order chi connectivity index (χ1) is 6.65. The Balaban J connectivity index is 2.75. The van der Waals surface area contributed by atoms with E-state index in [9.17, 15) is 4.39 Å². The predicted octanol–water partition coefficient (Wildman–Crippen LogP) is 1.03. The van der Waals surface area contributed by atoms with E-state index in [1.54, 1.807) is 13.8 Å². The lowest BCUT2D eigenvalue weighted by atomic mass is 10.3. The van der Waals surface area contributed by atoms with Crippen molar-refractivity contribution < 1.29 is 9.50 Å². The van der Waals surface area contributed by atoms with Crippen molar-refractivity contribution in [2.45, 2.75) is 20.3 Å². The monoisotopic (exact) mass is 199 g/mol. The van der Waals surface area contributed by atoms with Crippen LogP contribution in [0.4, 0.5) is 10.2 Å². The molecule has 4 nitrogen and oxygen atoms in total. The first-order valence-corrected chi connectivity index (χ1v) is 4.50. The molecule has 14 heavy (non-hydrogen) atoms. The molecule has 0 aliphatic carbocycles. The van der Waals surface area contributed by atoms with E-state index in [0.717, 1.165) is 0 Å². The van der Waals surface area contributed by atoms with Gasteiger partial charge in [0.05, 0.1) is 5.69 Å². The molecule has 0 unspecified atom stereocenters. The van der Waals surface area contributed by atoms with Gasteiger partial charge in [-0.25, -0.2) is 14.4 Å². The van der Waals surface area contributed by atoms with Gasteiger partial charge in [0.1, 0.15) is 5.82 Å². The number of aryl methyl sites for hydroxylation is 2. The van der Waals surface area contributed by atoms with Gasteiger partial charge in [-0.15, -0.1) is 0 Å². The Morgan fingerprint density at radius 1 is 1.36 bits per heavy atom. The van der Waals surface area contributed by atoms with E-state index in [0.29, 0.717) is 24.5 Å². The van der Waals surface area contributed by atoms with Crippen LogP contribution in [0.15, 0.2) is 0 Å². The minimum absolute atomic E-state index is 0.0810. The van der Waals surface area contributed by atoms with Crippen molar-refractivity contribution in [3.63, 3.8) is 0 Å². The molecule has 1 aromatic rings. The van der Waals surface area contributed by atoms with Gasteiger partial charge in [-0.3, -0.25) is 0 Å². The number of halogens is 1. The quantitative estimate of drug-likeness (QED) is 0.711. The maximum atomic E-state index is 13.4. The molecule has 0 aliphatic rings. The van der Waals surface area contributed by atoms with Crippen LogP contribution < -0.4 is 5.32 Å². The SMILES string of the molecule is Cc1nc(C)c(F)c(NCCCO)n1. The number of hydrogen-bond donors (Lipinski definition) is 2. The number of anilines is 1. The number of nitrogens with one attached hydrogen (secondary N) is 1. The zero-order valence-corrected chi connectivity index (χ0v) is 8.34. The average molecular weight is 199 g/mol. The van der Waals surface area contributed by atoms with E-state index in [4.69, 9.17) is 5.11 Å². The van der Waals surface area contributed by atoms with Crippen LogP contribution in [-0.2, 0) is 0 Å². The van der Waals surface area contributed by atoms with Crippen LogP contribution in [0.1, 0.15) is 17.9 Å². The molecular formula is C9H14FN3O. The fraction of sp³-hybridized carbons (Fsp3) is 0.556. The molecule has 1 heterocycles. The molecule has 0 spiro atoms. The topological polar surface area (TPSA) is 58.0 Å². The van der Waals surface area contributed by atoms with Crippen LogP contribution in [0, 0.1) is 19.7 Å². The third-order valence-electron chi connectivity index (χ3n) is 1.76. The highest BCUT2D eigenvalue weighted by molar-refractivity contribution is 5.37. The number of aliphatic hydroxyl groups excluding tert-OH is 1. The smallest absolute Gasteiger partial charge is 0.186 e. The van der Waals surface area contributed by atoms with Crippen molar-refractivity contribution in [1.29, 1.82) is 0 Å². The van der Waals surface area contributed by atoms with Gasteiger partial charge in [-0.05, 0) is 20.3 Å². The Kier molecular flexibility index (Phi) is 3.76. The van der Waals surface area contributed by atoms with Crippen molar-refractivity contribution >= 4 is 5.82 Å². The van der Waals surface area contributed by atoms with Crippen LogP contribution in [-0.4, -0.2) is 28.2 Å². The molecule has 0 aliphatic heterocycles. The maximum Gasteiger partial charge on any atom is 0.186 e. The van der Waals surface area contributed by atoms with Crippen molar-refractivity contribution in [2.24, 2.45) is 0 Å². The van der Waals surface area contributed by atoms with Crippen molar-refractivity contribution in [3.05, 3.63) is 17.3 Å². The largest absolute Gasteiger partial charge is 0.396 e. The lowest BCUT2D eigenvalue weighted by Crippen LogP contribution is -2.09. The van der Waals surface area contributed by atoms with E-state index in [2.05, 4.69) is 15.3 Å². The zero-order chi connectivity index (χ0) is 10.6. The Hall–Kier alpha value is -1.23. The molecule has 1 aromatic heterocycles. The minimum Gasteiger partial charge on any atom is -0.396 e. The minimum atomic E-state index is -0.423. The summed E-state index contributed by atoms with van der Waals surface area (Å²) in [5, 5.41) is 11.4. The summed E-state index contributed by atoms with van der Waals surface area (Å²) in [4.78, 5) is 7.81. The van der Waals surface area contributed by atoms with Gasteiger partial charge in [0.15, 0.2) is 11.6 Å². The number of aliphatic hydroxyl groups is 1. The molecule has 78 valence electrons. The van der Waals surface area contributed by atoms with Crippen LogP contribution in [0.2, 0.25) is 0 Å². The number of rotatable bonds is 4. The van der Waals surface area contributed by atoms with E-state index < -0.39 is 5.82 Å². The summed E-state index contributed by atoms with van der Waals surface area (Å²) < 4.78 is 13.4. The standard InChI is InChI=1S/C9H14FN3O/c1-6-8(10)9(11-4-3-5-14)13-7(2)12-6/h14H,3-5H2,1-2H3,(H,11,12,13). The van der Waals surface area contributed by atoms with Crippen LogP contribution >= 0.6 is 0 Å². The summed E-state index contributed by atoms with van der Waals surface area (Å²) in [6, 6.07) is 0. The van der Waals surface area contributed by atoms with Crippen LogP contribution in [0.5, 0.6) is 0 Å². The second kappa shape index (κ2) is 4.85. The molecule has 0 bridgehead atoms. The second-order valence-electron chi connectivity index (χ2n) is 3.02. The lowest BCUT2D eigenvalue weighted by molar-refractivity contribution is 0.292. The summed E-state index contributed by atoms with van der Waals surface area (Å²) >= 11 is 0. The molecule has 1 rings (SSSR count). The van der Waals surface area contributed by atoms with Crippen molar-refractivity contribution in [1.82, 2.24) is 9.97 Å². The van der Waals surface area contributed by atoms with Crippen LogP contribution in [0.25, 0.3) is 0 Å². The van der Waals surface area contributed by atoms with Gasteiger partial charge >= 0.3 is 0 Å². The normalized spacial score (nSPS) is 10.3. The van der Waals surface area contributed by atoms with E-state index in [1.807, 2.05) is 0 Å². The third kappa shape index (κ3) is 2.63. The summed E-state index contributed by atoms with van der Waals surface area (Å²) in [6.45, 7) is 3.89. The molecule has 0 radical (unpaired) electrons. The highest BCUT2D eigenvalue weighted by Gasteiger charge is 2.08. The first-order valence-electron chi connectivity index (χ1n) is 4.50. The van der Waals surface area contributed by atoms with E-state index in [1.165, 1.54) is 0 Å². The summed E-state index contributed by atoms with van der Waals surface area (Å²) in [5.74, 6) is 0.326. The van der Waals surface area contributed by atoms with Gasteiger partial charge in [0.2, 0.25) is 0 Å².